The van der Waals surface area contributed by atoms with Gasteiger partial charge in [-0.3, -0.25) is 10.1 Å². The molecule has 0 aliphatic carbocycles. The van der Waals surface area contributed by atoms with Crippen molar-refractivity contribution < 1.29 is 4.92 Å². The fourth-order valence-electron chi connectivity index (χ4n) is 2.06. The zero-order valence-electron chi connectivity index (χ0n) is 9.90. The number of nitrogens with zero attached hydrogens (tertiary/aromatic N) is 1. The first-order valence-corrected chi connectivity index (χ1v) is 5.86. The molecule has 0 bridgehead atoms. The van der Waals surface area contributed by atoms with Crippen LogP contribution in [0.5, 0.6) is 0 Å². The molecule has 1 aromatic carbocycles. The minimum Gasteiger partial charge on any atom is -0.384 e. The average molecular weight is 235 g/mol. The van der Waals surface area contributed by atoms with E-state index in [1.54, 1.807) is 12.1 Å². The van der Waals surface area contributed by atoms with Gasteiger partial charge in [0.1, 0.15) is 0 Å². The summed E-state index contributed by atoms with van der Waals surface area (Å²) in [5.41, 5.74) is 2.05. The number of non-ortho nitro benzene ring substituents is 1. The van der Waals surface area contributed by atoms with Crippen LogP contribution in [0.1, 0.15) is 12.0 Å². The average Bonchev–Trinajstić information content (AvgIpc) is 2.80. The number of nitro benzene ring substituents is 1. The molecule has 5 nitrogen and oxygen atoms in total. The Labute approximate surface area is 100 Å². The smallest absolute Gasteiger partial charge is 0.271 e. The number of hydrogen-bond donors (Lipinski definition) is 2. The molecule has 2 rings (SSSR count). The minimum absolute atomic E-state index is 0.141. The minimum atomic E-state index is -0.359. The van der Waals surface area contributed by atoms with Crippen molar-refractivity contribution >= 4 is 11.4 Å². The Morgan fingerprint density at radius 1 is 1.59 bits per heavy atom. The molecule has 1 unspecified atom stereocenters. The summed E-state index contributed by atoms with van der Waals surface area (Å²) in [7, 11) is 0. The van der Waals surface area contributed by atoms with E-state index in [2.05, 4.69) is 10.6 Å². The van der Waals surface area contributed by atoms with Crippen molar-refractivity contribution in [2.24, 2.45) is 5.92 Å². The summed E-state index contributed by atoms with van der Waals surface area (Å²) in [6.45, 7) is 4.93. The van der Waals surface area contributed by atoms with Gasteiger partial charge < -0.3 is 10.6 Å². The number of rotatable bonds is 4. The van der Waals surface area contributed by atoms with Gasteiger partial charge >= 0.3 is 0 Å². The van der Waals surface area contributed by atoms with E-state index in [9.17, 15) is 10.1 Å². The van der Waals surface area contributed by atoms with Crippen LogP contribution in [0.25, 0.3) is 0 Å². The van der Waals surface area contributed by atoms with E-state index in [0.29, 0.717) is 5.92 Å². The Balaban J connectivity index is 2.03. The highest BCUT2D eigenvalue weighted by Gasteiger charge is 2.15. The van der Waals surface area contributed by atoms with Gasteiger partial charge in [0.05, 0.1) is 4.92 Å². The topological polar surface area (TPSA) is 67.2 Å². The van der Waals surface area contributed by atoms with Crippen molar-refractivity contribution in [3.05, 3.63) is 33.9 Å². The normalized spacial score (nSPS) is 19.2. The molecule has 0 amide bonds. The predicted molar refractivity (Wildman–Crippen MR) is 67.3 cm³/mol. The molecule has 0 spiro atoms. The van der Waals surface area contributed by atoms with Crippen molar-refractivity contribution in [3.63, 3.8) is 0 Å². The highest BCUT2D eigenvalue weighted by molar-refractivity contribution is 5.56. The summed E-state index contributed by atoms with van der Waals surface area (Å²) in [4.78, 5) is 10.3. The van der Waals surface area contributed by atoms with Crippen LogP contribution in [0.4, 0.5) is 11.4 Å². The molecule has 1 aromatic rings. The Bertz CT molecular complexity index is 414. The lowest BCUT2D eigenvalue weighted by Gasteiger charge is -2.13. The van der Waals surface area contributed by atoms with Gasteiger partial charge in [0, 0.05) is 24.4 Å². The van der Waals surface area contributed by atoms with Crippen LogP contribution in [0.15, 0.2) is 18.2 Å². The van der Waals surface area contributed by atoms with E-state index in [0.717, 1.165) is 30.9 Å². The molecule has 2 N–H and O–H groups in total. The lowest BCUT2D eigenvalue weighted by molar-refractivity contribution is -0.384. The number of benzene rings is 1. The molecule has 1 heterocycles. The maximum atomic E-state index is 10.7. The zero-order valence-corrected chi connectivity index (χ0v) is 9.90. The largest absolute Gasteiger partial charge is 0.384 e. The fourth-order valence-corrected chi connectivity index (χ4v) is 2.06. The van der Waals surface area contributed by atoms with Crippen molar-refractivity contribution in [3.8, 4) is 0 Å². The fraction of sp³-hybridized carbons (Fsp3) is 0.500. The molecule has 0 radical (unpaired) electrons. The third-order valence-corrected chi connectivity index (χ3v) is 3.18. The summed E-state index contributed by atoms with van der Waals surface area (Å²) < 4.78 is 0. The lowest BCUT2D eigenvalue weighted by atomic mass is 10.1. The van der Waals surface area contributed by atoms with Crippen LogP contribution in [-0.4, -0.2) is 24.6 Å². The molecule has 1 atom stereocenters. The van der Waals surface area contributed by atoms with Gasteiger partial charge in [-0.15, -0.1) is 0 Å². The third kappa shape index (κ3) is 2.94. The Morgan fingerprint density at radius 2 is 2.41 bits per heavy atom. The summed E-state index contributed by atoms with van der Waals surface area (Å²) in [6.07, 6.45) is 1.17. The second-order valence-corrected chi connectivity index (χ2v) is 4.50. The van der Waals surface area contributed by atoms with Gasteiger partial charge in [-0.25, -0.2) is 0 Å². The molecule has 1 saturated heterocycles. The molecule has 17 heavy (non-hydrogen) atoms. The number of anilines is 1. The number of hydrogen-bond acceptors (Lipinski definition) is 4. The summed E-state index contributed by atoms with van der Waals surface area (Å²) >= 11 is 0. The van der Waals surface area contributed by atoms with Crippen molar-refractivity contribution in [1.29, 1.82) is 0 Å². The first kappa shape index (κ1) is 11.9. The monoisotopic (exact) mass is 235 g/mol. The van der Waals surface area contributed by atoms with Gasteiger partial charge in [-0.2, -0.15) is 0 Å². The van der Waals surface area contributed by atoms with Gasteiger partial charge in [0.25, 0.3) is 5.69 Å². The van der Waals surface area contributed by atoms with Crippen LogP contribution in [0.2, 0.25) is 0 Å². The number of nitro groups is 1. The second kappa shape index (κ2) is 5.14. The van der Waals surface area contributed by atoms with Crippen LogP contribution >= 0.6 is 0 Å². The molecule has 0 saturated carbocycles. The van der Waals surface area contributed by atoms with Gasteiger partial charge in [0.15, 0.2) is 0 Å². The van der Waals surface area contributed by atoms with Crippen LogP contribution in [0.3, 0.4) is 0 Å². The summed E-state index contributed by atoms with van der Waals surface area (Å²) in [6, 6.07) is 4.93. The quantitative estimate of drug-likeness (QED) is 0.618. The molecule has 1 aliphatic rings. The lowest BCUT2D eigenvalue weighted by Crippen LogP contribution is -2.17. The number of nitrogens with one attached hydrogen (secondary N) is 2. The van der Waals surface area contributed by atoms with E-state index in [1.165, 1.54) is 12.5 Å². The van der Waals surface area contributed by atoms with Crippen LogP contribution in [0, 0.1) is 23.0 Å². The van der Waals surface area contributed by atoms with E-state index < -0.39 is 0 Å². The maximum Gasteiger partial charge on any atom is 0.271 e. The molecular formula is C12H17N3O2. The highest BCUT2D eigenvalue weighted by Crippen LogP contribution is 2.22. The van der Waals surface area contributed by atoms with E-state index in [-0.39, 0.29) is 10.6 Å². The van der Waals surface area contributed by atoms with Crippen molar-refractivity contribution in [1.82, 2.24) is 5.32 Å². The molecular weight excluding hydrogens is 218 g/mol. The third-order valence-electron chi connectivity index (χ3n) is 3.18. The van der Waals surface area contributed by atoms with Gasteiger partial charge in [0.2, 0.25) is 0 Å². The highest BCUT2D eigenvalue weighted by atomic mass is 16.6. The molecule has 0 aromatic heterocycles. The Hall–Kier alpha value is -1.62. The predicted octanol–water partition coefficient (Wildman–Crippen LogP) is 1.92. The van der Waals surface area contributed by atoms with E-state index >= 15 is 0 Å². The van der Waals surface area contributed by atoms with Gasteiger partial charge in [-0.05, 0) is 37.9 Å². The van der Waals surface area contributed by atoms with Crippen LogP contribution < -0.4 is 10.6 Å². The van der Waals surface area contributed by atoms with E-state index in [1.807, 2.05) is 6.92 Å². The molecule has 5 heteroatoms. The summed E-state index contributed by atoms with van der Waals surface area (Å²) in [5, 5.41) is 17.3. The molecule has 1 aliphatic heterocycles. The Morgan fingerprint density at radius 3 is 3.06 bits per heavy atom. The van der Waals surface area contributed by atoms with E-state index in [4.69, 9.17) is 0 Å². The molecule has 92 valence electrons. The van der Waals surface area contributed by atoms with Crippen molar-refractivity contribution in [2.45, 2.75) is 13.3 Å². The second-order valence-electron chi connectivity index (χ2n) is 4.50. The Kier molecular flexibility index (Phi) is 3.58. The maximum absolute atomic E-state index is 10.7. The first-order chi connectivity index (χ1) is 8.16. The van der Waals surface area contributed by atoms with Crippen LogP contribution in [-0.2, 0) is 0 Å². The SMILES string of the molecule is Cc1ccc([N+](=O)[O-])cc1NCC1CCNC1. The number of aryl methyl sites for hydroxylation is 1. The zero-order chi connectivity index (χ0) is 12.3. The first-order valence-electron chi connectivity index (χ1n) is 5.86. The molecule has 1 fully saturated rings. The van der Waals surface area contributed by atoms with Crippen molar-refractivity contribution in [2.75, 3.05) is 25.0 Å². The summed E-state index contributed by atoms with van der Waals surface area (Å²) in [5.74, 6) is 0.619. The van der Waals surface area contributed by atoms with Gasteiger partial charge in [-0.1, -0.05) is 6.07 Å². The standard InChI is InChI=1S/C12H17N3O2/c1-9-2-3-11(15(16)17)6-12(9)14-8-10-4-5-13-7-10/h2-3,6,10,13-14H,4-5,7-8H2,1H3.